The molecule has 0 aromatic carbocycles. The van der Waals surface area contributed by atoms with Crippen molar-refractivity contribution in [2.24, 2.45) is 0 Å². The Hall–Kier alpha value is -1.24. The molecule has 1 N–H and O–H groups in total. The Morgan fingerprint density at radius 1 is 1.38 bits per heavy atom. The number of ether oxygens (including phenoxy) is 1. The second kappa shape index (κ2) is 5.74. The van der Waals surface area contributed by atoms with Crippen LogP contribution in [-0.2, 0) is 4.74 Å². The molecule has 16 heavy (non-hydrogen) atoms. The number of rotatable bonds is 2. The highest BCUT2D eigenvalue weighted by molar-refractivity contribution is 5.67. The molecule has 1 fully saturated rings. The number of carbonyl (C=O) groups excluding carboxylic acids is 1. The van der Waals surface area contributed by atoms with Crippen LogP contribution in [0, 0.1) is 0 Å². The number of allylic oxidation sites excluding steroid dienone is 1. The minimum absolute atomic E-state index is 0.0536. The van der Waals surface area contributed by atoms with Crippen LogP contribution < -0.4 is 5.32 Å². The van der Waals surface area contributed by atoms with E-state index in [9.17, 15) is 18.0 Å². The highest BCUT2D eigenvalue weighted by Crippen LogP contribution is 2.15. The Morgan fingerprint density at radius 3 is 2.56 bits per heavy atom. The summed E-state index contributed by atoms with van der Waals surface area (Å²) in [7, 11) is 0. The van der Waals surface area contributed by atoms with Crippen LogP contribution in [0.3, 0.4) is 0 Å². The van der Waals surface area contributed by atoms with Gasteiger partial charge in [-0.15, -0.1) is 0 Å². The van der Waals surface area contributed by atoms with Gasteiger partial charge in [-0.2, -0.15) is 13.2 Å². The molecule has 0 unspecified atom stereocenters. The molecule has 1 amide bonds. The third-order valence-electron chi connectivity index (χ3n) is 1.99. The van der Waals surface area contributed by atoms with E-state index in [1.807, 2.05) is 0 Å². The van der Waals surface area contributed by atoms with Gasteiger partial charge in [0.15, 0.2) is 0 Å². The number of hydrogen-bond acceptors (Lipinski definition) is 3. The molecular weight excluding hydrogens is 225 g/mol. The van der Waals surface area contributed by atoms with Gasteiger partial charge in [0.1, 0.15) is 6.61 Å². The quantitative estimate of drug-likeness (QED) is 0.734. The van der Waals surface area contributed by atoms with Crippen LogP contribution in [-0.4, -0.2) is 50.0 Å². The predicted molar refractivity (Wildman–Crippen MR) is 51.0 cm³/mol. The number of nitrogens with one attached hydrogen (secondary N) is 1. The maximum absolute atomic E-state index is 11.7. The number of amides is 1. The number of halogens is 3. The van der Waals surface area contributed by atoms with Crippen molar-refractivity contribution in [2.75, 3.05) is 32.8 Å². The van der Waals surface area contributed by atoms with E-state index >= 15 is 0 Å². The summed E-state index contributed by atoms with van der Waals surface area (Å²) in [5, 5.41) is 3.04. The summed E-state index contributed by atoms with van der Waals surface area (Å²) in [5.74, 6) is 0. The average molecular weight is 238 g/mol. The molecular formula is C9H13F3N2O2. The van der Waals surface area contributed by atoms with Gasteiger partial charge in [0.05, 0.1) is 0 Å². The monoisotopic (exact) mass is 238 g/mol. The molecule has 0 spiro atoms. The van der Waals surface area contributed by atoms with Gasteiger partial charge < -0.3 is 15.0 Å². The molecule has 7 heteroatoms. The number of piperazine rings is 1. The lowest BCUT2D eigenvalue weighted by atomic mass is 10.4. The average Bonchev–Trinajstić information content (AvgIpc) is 2.24. The number of alkyl halides is 3. The molecule has 0 atom stereocenters. The lowest BCUT2D eigenvalue weighted by Gasteiger charge is -2.26. The summed E-state index contributed by atoms with van der Waals surface area (Å²) in [6, 6.07) is 0. The van der Waals surface area contributed by atoms with E-state index in [1.165, 1.54) is 4.90 Å². The molecule has 0 aromatic heterocycles. The van der Waals surface area contributed by atoms with Gasteiger partial charge in [-0.3, -0.25) is 0 Å². The summed E-state index contributed by atoms with van der Waals surface area (Å²) >= 11 is 0. The molecule has 1 heterocycles. The first-order valence-electron chi connectivity index (χ1n) is 4.86. The smallest absolute Gasteiger partial charge is 0.410 e. The fourth-order valence-corrected chi connectivity index (χ4v) is 1.24. The first-order valence-corrected chi connectivity index (χ1v) is 4.86. The SMILES string of the molecule is O=C(OCC=CC(F)(F)F)N1CCNCC1. The van der Waals surface area contributed by atoms with E-state index in [4.69, 9.17) is 0 Å². The zero-order valence-electron chi connectivity index (χ0n) is 8.59. The van der Waals surface area contributed by atoms with E-state index < -0.39 is 12.3 Å². The Labute approximate surface area is 91.0 Å². The van der Waals surface area contributed by atoms with Crippen LogP contribution in [0.15, 0.2) is 12.2 Å². The van der Waals surface area contributed by atoms with Gasteiger partial charge in [0.25, 0.3) is 0 Å². The number of hydrogen-bond donors (Lipinski definition) is 1. The molecule has 0 aromatic rings. The molecule has 0 saturated carbocycles. The van der Waals surface area contributed by atoms with Crippen molar-refractivity contribution < 1.29 is 22.7 Å². The second-order valence-corrected chi connectivity index (χ2v) is 3.26. The van der Waals surface area contributed by atoms with Gasteiger partial charge >= 0.3 is 12.3 Å². The number of carbonyl (C=O) groups is 1. The summed E-state index contributed by atoms with van der Waals surface area (Å²) < 4.78 is 39.7. The zero-order chi connectivity index (χ0) is 12.0. The van der Waals surface area contributed by atoms with Crippen LogP contribution in [0.4, 0.5) is 18.0 Å². The summed E-state index contributed by atoms with van der Waals surface area (Å²) in [5.41, 5.74) is 0. The van der Waals surface area contributed by atoms with Crippen molar-refractivity contribution in [3.8, 4) is 0 Å². The first kappa shape index (κ1) is 12.8. The normalized spacial score (nSPS) is 17.8. The third kappa shape index (κ3) is 5.01. The summed E-state index contributed by atoms with van der Waals surface area (Å²) in [6.07, 6.45) is -4.10. The highest BCUT2D eigenvalue weighted by Gasteiger charge is 2.22. The minimum Gasteiger partial charge on any atom is -0.445 e. The maximum Gasteiger partial charge on any atom is 0.410 e. The Balaban J connectivity index is 2.22. The fourth-order valence-electron chi connectivity index (χ4n) is 1.24. The van der Waals surface area contributed by atoms with Gasteiger partial charge in [-0.1, -0.05) is 0 Å². The Bertz CT molecular complexity index is 260. The van der Waals surface area contributed by atoms with Gasteiger partial charge in [-0.05, 0) is 6.08 Å². The van der Waals surface area contributed by atoms with Crippen molar-refractivity contribution in [1.82, 2.24) is 10.2 Å². The molecule has 0 bridgehead atoms. The van der Waals surface area contributed by atoms with Crippen LogP contribution in [0.2, 0.25) is 0 Å². The lowest BCUT2D eigenvalue weighted by Crippen LogP contribution is -2.46. The lowest BCUT2D eigenvalue weighted by molar-refractivity contribution is -0.0802. The van der Waals surface area contributed by atoms with Crippen molar-refractivity contribution in [3.63, 3.8) is 0 Å². The van der Waals surface area contributed by atoms with E-state index in [-0.39, 0.29) is 12.7 Å². The van der Waals surface area contributed by atoms with Crippen molar-refractivity contribution in [2.45, 2.75) is 6.18 Å². The molecule has 1 saturated heterocycles. The van der Waals surface area contributed by atoms with Crippen LogP contribution >= 0.6 is 0 Å². The van der Waals surface area contributed by atoms with Gasteiger partial charge in [0.2, 0.25) is 0 Å². The molecule has 1 aliphatic rings. The van der Waals surface area contributed by atoms with Crippen LogP contribution in [0.25, 0.3) is 0 Å². The topological polar surface area (TPSA) is 41.6 Å². The first-order chi connectivity index (χ1) is 7.49. The van der Waals surface area contributed by atoms with E-state index in [1.54, 1.807) is 0 Å². The van der Waals surface area contributed by atoms with Crippen LogP contribution in [0.1, 0.15) is 0 Å². The van der Waals surface area contributed by atoms with Crippen molar-refractivity contribution >= 4 is 6.09 Å². The third-order valence-corrected chi connectivity index (χ3v) is 1.99. The van der Waals surface area contributed by atoms with Gasteiger partial charge in [-0.25, -0.2) is 4.79 Å². The van der Waals surface area contributed by atoms with Gasteiger partial charge in [0, 0.05) is 32.3 Å². The Kier molecular flexibility index (Phi) is 4.60. The predicted octanol–water partition coefficient (Wildman–Crippen LogP) is 1.15. The summed E-state index contributed by atoms with van der Waals surface area (Å²) in [4.78, 5) is 12.7. The largest absolute Gasteiger partial charge is 0.445 e. The molecule has 1 rings (SSSR count). The minimum atomic E-state index is -4.36. The van der Waals surface area contributed by atoms with Crippen molar-refractivity contribution in [1.29, 1.82) is 0 Å². The van der Waals surface area contributed by atoms with E-state index in [2.05, 4.69) is 10.1 Å². The molecule has 4 nitrogen and oxygen atoms in total. The Morgan fingerprint density at radius 2 is 2.00 bits per heavy atom. The molecule has 0 radical (unpaired) electrons. The molecule has 0 aliphatic carbocycles. The van der Waals surface area contributed by atoms with Crippen molar-refractivity contribution in [3.05, 3.63) is 12.2 Å². The summed E-state index contributed by atoms with van der Waals surface area (Å²) in [6.45, 7) is 2.02. The molecule has 1 aliphatic heterocycles. The second-order valence-electron chi connectivity index (χ2n) is 3.26. The highest BCUT2D eigenvalue weighted by atomic mass is 19.4. The maximum atomic E-state index is 11.7. The molecule has 92 valence electrons. The van der Waals surface area contributed by atoms with E-state index in [0.717, 1.165) is 6.08 Å². The zero-order valence-corrected chi connectivity index (χ0v) is 8.59. The number of nitrogens with zero attached hydrogens (tertiary/aromatic N) is 1. The standard InChI is InChI=1S/C9H13F3N2O2/c10-9(11,12)2-1-7-16-8(15)14-5-3-13-4-6-14/h1-2,13H,3-7H2. The fraction of sp³-hybridized carbons (Fsp3) is 0.667. The van der Waals surface area contributed by atoms with Crippen LogP contribution in [0.5, 0.6) is 0 Å². The van der Waals surface area contributed by atoms with E-state index in [0.29, 0.717) is 26.2 Å².